The zero-order valence-corrected chi connectivity index (χ0v) is 5.91. The van der Waals surface area contributed by atoms with Crippen LogP contribution in [0, 0.1) is 0 Å². The van der Waals surface area contributed by atoms with Crippen LogP contribution in [0.4, 0.5) is 0 Å². The lowest BCUT2D eigenvalue weighted by atomic mass is 11.3. The fourth-order valence-corrected chi connectivity index (χ4v) is 0. The van der Waals surface area contributed by atoms with E-state index in [2.05, 4.69) is 6.58 Å². The van der Waals surface area contributed by atoms with E-state index >= 15 is 0 Å². The predicted molar refractivity (Wildman–Crippen MR) is 33.5 cm³/mol. The molecule has 0 aromatic rings. The van der Waals surface area contributed by atoms with Crippen LogP contribution in [0.5, 0.6) is 0 Å². The lowest BCUT2D eigenvalue weighted by molar-refractivity contribution is 0.490. The van der Waals surface area contributed by atoms with Crippen LogP contribution in [0.15, 0.2) is 12.1 Å². The first-order valence-electron chi connectivity index (χ1n) is 1.55. The van der Waals surface area contributed by atoms with Gasteiger partial charge < -0.3 is 0 Å². The van der Waals surface area contributed by atoms with E-state index < -0.39 is 10.1 Å². The van der Waals surface area contributed by atoms with Gasteiger partial charge >= 0.3 is 0 Å². The lowest BCUT2D eigenvalue weighted by Crippen LogP contribution is -1.88. The maximum absolute atomic E-state index is 9.19. The van der Waals surface area contributed by atoms with Crippen molar-refractivity contribution in [3.8, 4) is 0 Å². The van der Waals surface area contributed by atoms with Gasteiger partial charge in [0.05, 0.1) is 6.26 Å². The highest BCUT2D eigenvalue weighted by atomic mass is 35.5. The predicted octanol–water partition coefficient (Wildman–Crippen LogP) is 0.873. The van der Waals surface area contributed by atoms with Crippen LogP contribution < -0.4 is 0 Å². The summed E-state index contributed by atoms with van der Waals surface area (Å²) in [6.45, 7) is 3.13. The van der Waals surface area contributed by atoms with Crippen LogP contribution in [0.25, 0.3) is 0 Å². The Morgan fingerprint density at radius 3 is 1.75 bits per heavy atom. The Kier molecular flexibility index (Phi) is 6.89. The molecule has 0 radical (unpaired) electrons. The zero-order chi connectivity index (χ0) is 7.21. The Bertz CT molecular complexity index is 129. The van der Waals surface area contributed by atoms with E-state index in [-0.39, 0.29) is 0 Å². The Morgan fingerprint density at radius 2 is 1.75 bits per heavy atom. The van der Waals surface area contributed by atoms with Crippen molar-refractivity contribution in [1.82, 2.24) is 0 Å². The molecule has 0 aromatic carbocycles. The van der Waals surface area contributed by atoms with Gasteiger partial charge in [-0.3, -0.25) is 4.55 Å². The fraction of sp³-hybridized carbons (Fsp3) is 0.333. The number of hydrogen-bond donors (Lipinski definition) is 1. The molecule has 0 amide bonds. The molecular weight excluding hydrogens is 152 g/mol. The van der Waals surface area contributed by atoms with E-state index in [1.54, 1.807) is 0 Å². The van der Waals surface area contributed by atoms with E-state index in [0.29, 0.717) is 6.26 Å². The Hall–Kier alpha value is -0.0600. The molecule has 8 heavy (non-hydrogen) atoms. The van der Waals surface area contributed by atoms with Crippen molar-refractivity contribution in [2.24, 2.45) is 0 Å². The molecule has 5 heteroatoms. The van der Waals surface area contributed by atoms with Gasteiger partial charge in [0, 0.05) is 0 Å². The second-order valence-electron chi connectivity index (χ2n) is 0.887. The molecule has 0 saturated heterocycles. The van der Waals surface area contributed by atoms with Gasteiger partial charge in [-0.25, -0.2) is 0 Å². The normalized spacial score (nSPS) is 8.88. The highest BCUT2D eigenvalue weighted by molar-refractivity contribution is 7.85. The van der Waals surface area contributed by atoms with Crippen LogP contribution in [0.3, 0.4) is 0 Å². The third kappa shape index (κ3) is 40300. The molecule has 0 aliphatic rings. The molecule has 0 spiro atoms. The smallest absolute Gasteiger partial charge is 0.261 e. The van der Waals surface area contributed by atoms with Crippen LogP contribution in [-0.2, 0) is 10.1 Å². The summed E-state index contributed by atoms with van der Waals surface area (Å²) in [6.07, 6.45) is 0.715. The van der Waals surface area contributed by atoms with Crippen molar-refractivity contribution in [3.05, 3.63) is 12.1 Å². The first kappa shape index (κ1) is 10.8. The van der Waals surface area contributed by atoms with E-state index in [1.807, 2.05) is 0 Å². The van der Waals surface area contributed by atoms with Crippen molar-refractivity contribution < 1.29 is 13.0 Å². The van der Waals surface area contributed by atoms with Crippen molar-refractivity contribution in [1.29, 1.82) is 0 Å². The van der Waals surface area contributed by atoms with Gasteiger partial charge in [0.1, 0.15) is 0 Å². The summed E-state index contributed by atoms with van der Waals surface area (Å²) < 4.78 is 25.9. The first-order chi connectivity index (χ1) is 3.41. The van der Waals surface area contributed by atoms with Crippen molar-refractivity contribution >= 4 is 21.7 Å². The Morgan fingerprint density at radius 1 is 1.75 bits per heavy atom. The second-order valence-corrected chi connectivity index (χ2v) is 2.66. The summed E-state index contributed by atoms with van der Waals surface area (Å²) in [7, 11) is -3.67. The zero-order valence-electron chi connectivity index (χ0n) is 4.33. The van der Waals surface area contributed by atoms with Crippen molar-refractivity contribution in [2.75, 3.05) is 6.26 Å². The molecule has 0 heterocycles. The van der Waals surface area contributed by atoms with Gasteiger partial charge in [0.25, 0.3) is 10.1 Å². The van der Waals surface area contributed by atoms with Crippen LogP contribution in [0.2, 0.25) is 0 Å². The molecule has 50 valence electrons. The summed E-state index contributed by atoms with van der Waals surface area (Å²) >= 11 is 4.76. The monoisotopic (exact) mass is 158 g/mol. The third-order valence-corrected chi connectivity index (χ3v) is 0. The molecule has 0 saturated carbocycles. The maximum Gasteiger partial charge on any atom is 0.261 e. The van der Waals surface area contributed by atoms with E-state index in [4.69, 9.17) is 16.2 Å². The van der Waals surface area contributed by atoms with Crippen molar-refractivity contribution in [3.63, 3.8) is 0 Å². The van der Waals surface area contributed by atoms with E-state index in [1.165, 1.54) is 5.54 Å². The largest absolute Gasteiger partial charge is 0.286 e. The van der Waals surface area contributed by atoms with Gasteiger partial charge in [-0.05, 0) is 5.54 Å². The minimum atomic E-state index is -3.67. The average Bonchev–Trinajstić information content (AvgIpc) is 1.27. The molecule has 0 bridgehead atoms. The number of rotatable bonds is 0. The molecule has 0 aliphatic carbocycles. The topological polar surface area (TPSA) is 54.4 Å². The SMILES string of the molecule is C=CCl.CS(=O)(=O)O. The summed E-state index contributed by atoms with van der Waals surface area (Å²) in [5.74, 6) is 0. The van der Waals surface area contributed by atoms with E-state index in [0.717, 1.165) is 0 Å². The van der Waals surface area contributed by atoms with Crippen molar-refractivity contribution in [2.45, 2.75) is 0 Å². The molecular formula is C3H7ClO3S. The molecule has 0 atom stereocenters. The minimum Gasteiger partial charge on any atom is -0.286 e. The molecule has 3 nitrogen and oxygen atoms in total. The number of hydrogen-bond acceptors (Lipinski definition) is 2. The average molecular weight is 159 g/mol. The highest BCUT2D eigenvalue weighted by Gasteiger charge is 1.81. The summed E-state index contributed by atoms with van der Waals surface area (Å²) in [6, 6.07) is 0. The van der Waals surface area contributed by atoms with Gasteiger partial charge in [-0.1, -0.05) is 18.2 Å². The van der Waals surface area contributed by atoms with Gasteiger partial charge in [-0.2, -0.15) is 8.42 Å². The Labute approximate surface area is 53.7 Å². The molecule has 0 aromatic heterocycles. The number of halogens is 1. The summed E-state index contributed by atoms with van der Waals surface area (Å²) in [4.78, 5) is 0. The Balaban J connectivity index is 0. The quantitative estimate of drug-likeness (QED) is 0.533. The fourth-order valence-electron chi connectivity index (χ4n) is 0. The molecule has 1 N–H and O–H groups in total. The molecule has 0 aliphatic heterocycles. The lowest BCUT2D eigenvalue weighted by Gasteiger charge is -1.69. The minimum absolute atomic E-state index is 0.715. The maximum atomic E-state index is 9.19. The highest BCUT2D eigenvalue weighted by Crippen LogP contribution is 1.60. The van der Waals surface area contributed by atoms with E-state index in [9.17, 15) is 8.42 Å². The summed E-state index contributed by atoms with van der Waals surface area (Å²) in [5.41, 5.74) is 1.22. The molecule has 0 unspecified atom stereocenters. The van der Waals surface area contributed by atoms with Crippen LogP contribution in [-0.4, -0.2) is 19.2 Å². The van der Waals surface area contributed by atoms with Gasteiger partial charge in [0.15, 0.2) is 0 Å². The standard InChI is InChI=1S/C2H3Cl.CH4O3S/c1-2-3;1-5(2,3)4/h2H,1H2;1H3,(H,2,3,4). The van der Waals surface area contributed by atoms with Crippen LogP contribution in [0.1, 0.15) is 0 Å². The van der Waals surface area contributed by atoms with Crippen LogP contribution >= 0.6 is 11.6 Å². The molecule has 0 fully saturated rings. The summed E-state index contributed by atoms with van der Waals surface area (Å²) in [5, 5.41) is 0. The molecule has 0 rings (SSSR count). The van der Waals surface area contributed by atoms with Gasteiger partial charge in [0.2, 0.25) is 0 Å². The third-order valence-electron chi connectivity index (χ3n) is 0. The second kappa shape index (κ2) is 5.08. The first-order valence-corrected chi connectivity index (χ1v) is 3.84. The van der Waals surface area contributed by atoms with Gasteiger partial charge in [-0.15, -0.1) is 0 Å².